The molecule has 0 unspecified atom stereocenters. The Balaban J connectivity index is 2.07. The molecule has 0 saturated heterocycles. The number of carboxylic acid groups (broad SMARTS) is 1. The fourth-order valence-electron chi connectivity index (χ4n) is 3.18. The number of nitrogens with zero attached hydrogens (tertiary/aromatic N) is 2. The third-order valence-electron chi connectivity index (χ3n) is 3.98. The predicted molar refractivity (Wildman–Crippen MR) is 75.0 cm³/mol. The van der Waals surface area contributed by atoms with E-state index in [0.29, 0.717) is 5.92 Å². The van der Waals surface area contributed by atoms with Crippen LogP contribution in [0.1, 0.15) is 55.1 Å². The van der Waals surface area contributed by atoms with Crippen LogP contribution in [0.5, 0.6) is 0 Å². The Kier molecular flexibility index (Phi) is 3.31. The van der Waals surface area contributed by atoms with Gasteiger partial charge in [0.05, 0.1) is 12.1 Å². The van der Waals surface area contributed by atoms with Crippen LogP contribution in [0, 0.1) is 6.92 Å². The molecule has 0 amide bonds. The van der Waals surface area contributed by atoms with Gasteiger partial charge in [0.25, 0.3) is 0 Å². The van der Waals surface area contributed by atoms with Crippen molar-refractivity contribution < 1.29 is 9.90 Å². The molecule has 1 N–H and O–H groups in total. The molecule has 0 bridgehead atoms. The van der Waals surface area contributed by atoms with Crippen molar-refractivity contribution >= 4 is 22.3 Å². The molecule has 1 saturated carbocycles. The monoisotopic (exact) mass is 278 g/mol. The summed E-state index contributed by atoms with van der Waals surface area (Å²) >= 11 is 1.54. The maximum Gasteiger partial charge on any atom is 0.309 e. The number of imidazole rings is 1. The van der Waals surface area contributed by atoms with Crippen LogP contribution in [0.15, 0.2) is 5.38 Å². The van der Waals surface area contributed by atoms with E-state index in [0.717, 1.165) is 16.3 Å². The Morgan fingerprint density at radius 2 is 2.21 bits per heavy atom. The minimum Gasteiger partial charge on any atom is -0.481 e. The molecule has 1 fully saturated rings. The standard InChI is InChI=1S/C14H18N2O2S/c1-9-13(10-5-3-2-4-6-10)16-11(7-12(17)18)8-19-14(16)15-9/h8,10H,2-7H2,1H3,(H,17,18). The Hall–Kier alpha value is -1.36. The van der Waals surface area contributed by atoms with Gasteiger partial charge in [-0.15, -0.1) is 11.3 Å². The van der Waals surface area contributed by atoms with Crippen LogP contribution in [0.25, 0.3) is 4.96 Å². The van der Waals surface area contributed by atoms with Gasteiger partial charge in [-0.2, -0.15) is 0 Å². The third kappa shape index (κ3) is 2.27. The Morgan fingerprint density at radius 1 is 1.47 bits per heavy atom. The van der Waals surface area contributed by atoms with Gasteiger partial charge in [0, 0.05) is 22.7 Å². The molecule has 2 aromatic heterocycles. The van der Waals surface area contributed by atoms with Gasteiger partial charge in [-0.05, 0) is 19.8 Å². The maximum atomic E-state index is 11.0. The highest BCUT2D eigenvalue weighted by molar-refractivity contribution is 7.15. The summed E-state index contributed by atoms with van der Waals surface area (Å²) in [6.45, 7) is 2.05. The molecular formula is C14H18N2O2S. The zero-order valence-electron chi connectivity index (χ0n) is 11.1. The van der Waals surface area contributed by atoms with E-state index in [1.807, 2.05) is 12.3 Å². The number of aliphatic carboxylic acids is 1. The average molecular weight is 278 g/mol. The number of thiazole rings is 1. The molecule has 0 aliphatic heterocycles. The minimum atomic E-state index is -0.777. The molecule has 0 radical (unpaired) electrons. The molecule has 2 heterocycles. The smallest absolute Gasteiger partial charge is 0.309 e. The van der Waals surface area contributed by atoms with E-state index in [1.165, 1.54) is 37.8 Å². The van der Waals surface area contributed by atoms with Gasteiger partial charge in [-0.25, -0.2) is 4.98 Å². The minimum absolute atomic E-state index is 0.0789. The molecule has 2 aromatic rings. The number of carbonyl (C=O) groups is 1. The van der Waals surface area contributed by atoms with E-state index in [-0.39, 0.29) is 6.42 Å². The number of aromatic nitrogens is 2. The van der Waals surface area contributed by atoms with Gasteiger partial charge >= 0.3 is 5.97 Å². The lowest BCUT2D eigenvalue weighted by molar-refractivity contribution is -0.136. The molecule has 3 rings (SSSR count). The summed E-state index contributed by atoms with van der Waals surface area (Å²) in [4.78, 5) is 16.5. The van der Waals surface area contributed by atoms with E-state index >= 15 is 0 Å². The summed E-state index contributed by atoms with van der Waals surface area (Å²) in [7, 11) is 0. The van der Waals surface area contributed by atoms with Gasteiger partial charge in [0.2, 0.25) is 0 Å². The Bertz CT molecular complexity index is 608. The van der Waals surface area contributed by atoms with Gasteiger partial charge in [0.1, 0.15) is 0 Å². The highest BCUT2D eigenvalue weighted by Crippen LogP contribution is 2.36. The Morgan fingerprint density at radius 3 is 2.89 bits per heavy atom. The normalized spacial score (nSPS) is 17.1. The van der Waals surface area contributed by atoms with Crippen LogP contribution in [0.2, 0.25) is 0 Å². The Labute approximate surface area is 116 Å². The number of fused-ring (bicyclic) bond motifs is 1. The van der Waals surface area contributed by atoms with Gasteiger partial charge in [0.15, 0.2) is 4.96 Å². The van der Waals surface area contributed by atoms with Crippen molar-refractivity contribution in [3.8, 4) is 0 Å². The van der Waals surface area contributed by atoms with Crippen molar-refractivity contribution in [2.45, 2.75) is 51.4 Å². The second-order valence-electron chi connectivity index (χ2n) is 5.33. The van der Waals surface area contributed by atoms with Crippen molar-refractivity contribution in [1.29, 1.82) is 0 Å². The first-order valence-electron chi connectivity index (χ1n) is 6.84. The highest BCUT2D eigenvalue weighted by Gasteiger charge is 2.24. The molecule has 5 heteroatoms. The lowest BCUT2D eigenvalue weighted by Crippen LogP contribution is -2.11. The first kappa shape index (κ1) is 12.7. The molecule has 1 aliphatic carbocycles. The molecule has 4 nitrogen and oxygen atoms in total. The van der Waals surface area contributed by atoms with E-state index in [2.05, 4.69) is 9.38 Å². The van der Waals surface area contributed by atoms with E-state index in [9.17, 15) is 4.79 Å². The van der Waals surface area contributed by atoms with Gasteiger partial charge < -0.3 is 5.11 Å². The summed E-state index contributed by atoms with van der Waals surface area (Å²) < 4.78 is 2.10. The van der Waals surface area contributed by atoms with Crippen LogP contribution in [-0.4, -0.2) is 20.5 Å². The fourth-order valence-corrected chi connectivity index (χ4v) is 4.12. The zero-order chi connectivity index (χ0) is 13.4. The van der Waals surface area contributed by atoms with Crippen molar-refractivity contribution in [2.24, 2.45) is 0 Å². The van der Waals surface area contributed by atoms with Crippen LogP contribution < -0.4 is 0 Å². The van der Waals surface area contributed by atoms with Crippen LogP contribution in [0.4, 0.5) is 0 Å². The van der Waals surface area contributed by atoms with E-state index in [4.69, 9.17) is 5.11 Å². The van der Waals surface area contributed by atoms with Crippen molar-refractivity contribution in [3.05, 3.63) is 22.5 Å². The lowest BCUT2D eigenvalue weighted by Gasteiger charge is -2.22. The summed E-state index contributed by atoms with van der Waals surface area (Å²) in [6.07, 6.45) is 6.36. The van der Waals surface area contributed by atoms with Gasteiger partial charge in [-0.3, -0.25) is 9.20 Å². The third-order valence-corrected chi connectivity index (χ3v) is 4.85. The lowest BCUT2D eigenvalue weighted by atomic mass is 9.86. The SMILES string of the molecule is Cc1nc2scc(CC(=O)O)n2c1C1CCCCC1. The van der Waals surface area contributed by atoms with Crippen LogP contribution in [-0.2, 0) is 11.2 Å². The maximum absolute atomic E-state index is 11.0. The van der Waals surface area contributed by atoms with E-state index < -0.39 is 5.97 Å². The number of carboxylic acids is 1. The molecule has 19 heavy (non-hydrogen) atoms. The number of rotatable bonds is 3. The largest absolute Gasteiger partial charge is 0.481 e. The molecule has 0 spiro atoms. The topological polar surface area (TPSA) is 54.6 Å². The second kappa shape index (κ2) is 4.96. The fraction of sp³-hybridized carbons (Fsp3) is 0.571. The van der Waals surface area contributed by atoms with Crippen molar-refractivity contribution in [3.63, 3.8) is 0 Å². The highest BCUT2D eigenvalue weighted by atomic mass is 32.1. The summed E-state index contributed by atoms with van der Waals surface area (Å²) in [5, 5.41) is 11.0. The molecule has 102 valence electrons. The number of aryl methyl sites for hydroxylation is 1. The number of hydrogen-bond acceptors (Lipinski definition) is 3. The first-order chi connectivity index (χ1) is 9.16. The molecule has 0 atom stereocenters. The zero-order valence-corrected chi connectivity index (χ0v) is 11.9. The first-order valence-corrected chi connectivity index (χ1v) is 7.72. The second-order valence-corrected chi connectivity index (χ2v) is 6.17. The van der Waals surface area contributed by atoms with Crippen LogP contribution >= 0.6 is 11.3 Å². The average Bonchev–Trinajstić information content (AvgIpc) is 2.89. The summed E-state index contributed by atoms with van der Waals surface area (Å²) in [5.74, 6) is -0.230. The van der Waals surface area contributed by atoms with E-state index in [1.54, 1.807) is 11.3 Å². The van der Waals surface area contributed by atoms with Gasteiger partial charge in [-0.1, -0.05) is 19.3 Å². The quantitative estimate of drug-likeness (QED) is 0.936. The van der Waals surface area contributed by atoms with Crippen molar-refractivity contribution in [2.75, 3.05) is 0 Å². The number of hydrogen-bond donors (Lipinski definition) is 1. The predicted octanol–water partition coefficient (Wildman–Crippen LogP) is 3.38. The molecule has 1 aliphatic rings. The molecular weight excluding hydrogens is 260 g/mol. The summed E-state index contributed by atoms with van der Waals surface area (Å²) in [6, 6.07) is 0. The molecule has 0 aromatic carbocycles. The summed E-state index contributed by atoms with van der Waals surface area (Å²) in [5.41, 5.74) is 3.20. The van der Waals surface area contributed by atoms with Crippen molar-refractivity contribution in [1.82, 2.24) is 9.38 Å². The van der Waals surface area contributed by atoms with Crippen LogP contribution in [0.3, 0.4) is 0 Å².